The number of benzene rings is 1. The van der Waals surface area contributed by atoms with E-state index in [0.717, 1.165) is 6.42 Å². The Hall–Kier alpha value is -2.09. The first-order valence-electron chi connectivity index (χ1n) is 6.39. The van der Waals surface area contributed by atoms with E-state index >= 15 is 0 Å². The van der Waals surface area contributed by atoms with Crippen LogP contribution in [-0.4, -0.2) is 42.0 Å². The molecule has 0 radical (unpaired) electrons. The third kappa shape index (κ3) is 3.15. The van der Waals surface area contributed by atoms with Crippen LogP contribution in [-0.2, 0) is 4.74 Å². The highest BCUT2D eigenvalue weighted by atomic mass is 19.1. The molecule has 8 heteroatoms. The summed E-state index contributed by atoms with van der Waals surface area (Å²) in [4.78, 5) is 23.1. The van der Waals surface area contributed by atoms with Crippen LogP contribution in [0.2, 0.25) is 0 Å². The zero-order valence-electron chi connectivity index (χ0n) is 11.3. The molecule has 1 atom stereocenters. The molecule has 1 heterocycles. The van der Waals surface area contributed by atoms with E-state index < -0.39 is 33.7 Å². The van der Waals surface area contributed by atoms with Crippen LogP contribution in [0.1, 0.15) is 23.2 Å². The van der Waals surface area contributed by atoms with Crippen molar-refractivity contribution in [3.63, 3.8) is 0 Å². The summed E-state index contributed by atoms with van der Waals surface area (Å²) >= 11 is 0. The Kier molecular flexibility index (Phi) is 4.46. The van der Waals surface area contributed by atoms with E-state index in [0.29, 0.717) is 25.1 Å². The summed E-state index contributed by atoms with van der Waals surface area (Å²) in [5, 5.41) is 10.5. The fourth-order valence-electron chi connectivity index (χ4n) is 2.33. The lowest BCUT2D eigenvalue weighted by molar-refractivity contribution is -0.387. The van der Waals surface area contributed by atoms with Crippen LogP contribution >= 0.6 is 0 Å². The van der Waals surface area contributed by atoms with Gasteiger partial charge in [-0.25, -0.2) is 4.39 Å². The Bertz CT molecular complexity index is 580. The van der Waals surface area contributed by atoms with Gasteiger partial charge in [0.05, 0.1) is 22.7 Å². The van der Waals surface area contributed by atoms with E-state index in [-0.39, 0.29) is 12.6 Å². The standard InChI is InChI=1S/C13H14F2N2O4/c1-21-8-3-2-4-16(7-8)13(18)9-5-11(15)12(17(19)20)6-10(9)14/h5-6,8H,2-4,7H2,1H3. The molecule has 1 aromatic rings. The van der Waals surface area contributed by atoms with Crippen molar-refractivity contribution < 1.29 is 23.2 Å². The average molecular weight is 300 g/mol. The van der Waals surface area contributed by atoms with E-state index in [1.54, 1.807) is 0 Å². The number of nitrogens with zero attached hydrogens (tertiary/aromatic N) is 2. The summed E-state index contributed by atoms with van der Waals surface area (Å²) in [6.07, 6.45) is 1.34. The van der Waals surface area contributed by atoms with Gasteiger partial charge in [0.2, 0.25) is 5.82 Å². The molecule has 1 aliphatic heterocycles. The van der Waals surface area contributed by atoms with Gasteiger partial charge in [0.25, 0.3) is 5.91 Å². The van der Waals surface area contributed by atoms with E-state index in [9.17, 15) is 23.7 Å². The zero-order chi connectivity index (χ0) is 15.6. The number of carbonyl (C=O) groups excluding carboxylic acids is 1. The van der Waals surface area contributed by atoms with Gasteiger partial charge in [-0.1, -0.05) is 0 Å². The third-order valence-electron chi connectivity index (χ3n) is 3.46. The molecule has 1 aromatic carbocycles. The topological polar surface area (TPSA) is 72.7 Å². The van der Waals surface area contributed by atoms with Crippen LogP contribution < -0.4 is 0 Å². The molecule has 0 spiro atoms. The second kappa shape index (κ2) is 6.13. The lowest BCUT2D eigenvalue weighted by atomic mass is 10.1. The summed E-state index contributed by atoms with van der Waals surface area (Å²) in [6.45, 7) is 0.699. The Morgan fingerprint density at radius 2 is 2.14 bits per heavy atom. The number of amides is 1. The number of piperidine rings is 1. The fraction of sp³-hybridized carbons (Fsp3) is 0.462. The number of ether oxygens (including phenoxy) is 1. The van der Waals surface area contributed by atoms with Gasteiger partial charge in [-0.15, -0.1) is 0 Å². The molecule has 0 N–H and O–H groups in total. The summed E-state index contributed by atoms with van der Waals surface area (Å²) in [5.41, 5.74) is -1.49. The number of rotatable bonds is 3. The second-order valence-corrected chi connectivity index (χ2v) is 4.79. The average Bonchev–Trinajstić information content (AvgIpc) is 2.48. The van der Waals surface area contributed by atoms with Crippen molar-refractivity contribution in [2.24, 2.45) is 0 Å². The number of carbonyl (C=O) groups is 1. The number of halogens is 2. The van der Waals surface area contributed by atoms with Crippen molar-refractivity contribution in [3.05, 3.63) is 39.4 Å². The van der Waals surface area contributed by atoms with Gasteiger partial charge in [0.15, 0.2) is 0 Å². The maximum Gasteiger partial charge on any atom is 0.307 e. The van der Waals surface area contributed by atoms with Crippen molar-refractivity contribution in [3.8, 4) is 0 Å². The van der Waals surface area contributed by atoms with Crippen LogP contribution in [0, 0.1) is 21.7 Å². The van der Waals surface area contributed by atoms with Crippen LogP contribution in [0.3, 0.4) is 0 Å². The first kappa shape index (κ1) is 15.3. The number of likely N-dealkylation sites (tertiary alicyclic amines) is 1. The quantitative estimate of drug-likeness (QED) is 0.633. The van der Waals surface area contributed by atoms with Gasteiger partial charge in [0.1, 0.15) is 5.82 Å². The lowest BCUT2D eigenvalue weighted by Gasteiger charge is -2.32. The molecule has 1 amide bonds. The smallest absolute Gasteiger partial charge is 0.307 e. The molecule has 0 aromatic heterocycles. The molecule has 0 aliphatic carbocycles. The molecule has 0 bridgehead atoms. The van der Waals surface area contributed by atoms with Crippen molar-refractivity contribution >= 4 is 11.6 Å². The van der Waals surface area contributed by atoms with Crippen LogP contribution in [0.5, 0.6) is 0 Å². The van der Waals surface area contributed by atoms with Crippen molar-refractivity contribution in [1.29, 1.82) is 0 Å². The predicted octanol–water partition coefficient (Wildman–Crippen LogP) is 2.12. The summed E-state index contributed by atoms with van der Waals surface area (Å²) < 4.78 is 32.5. The highest BCUT2D eigenvalue weighted by Crippen LogP contribution is 2.23. The van der Waals surface area contributed by atoms with Crippen molar-refractivity contribution in [1.82, 2.24) is 4.90 Å². The Morgan fingerprint density at radius 3 is 2.76 bits per heavy atom. The molecule has 1 aliphatic rings. The van der Waals surface area contributed by atoms with Gasteiger partial charge in [-0.3, -0.25) is 14.9 Å². The monoisotopic (exact) mass is 300 g/mol. The number of methoxy groups -OCH3 is 1. The predicted molar refractivity (Wildman–Crippen MR) is 68.9 cm³/mol. The molecule has 2 rings (SSSR count). The Labute approximate surface area is 119 Å². The maximum atomic E-state index is 13.8. The minimum atomic E-state index is -1.23. The summed E-state index contributed by atoms with van der Waals surface area (Å²) in [6, 6.07) is 1.01. The highest BCUT2D eigenvalue weighted by molar-refractivity contribution is 5.94. The normalized spacial score (nSPS) is 18.6. The Morgan fingerprint density at radius 1 is 1.43 bits per heavy atom. The SMILES string of the molecule is COC1CCCN(C(=O)c2cc(F)c([N+](=O)[O-])cc2F)C1. The van der Waals surface area contributed by atoms with Gasteiger partial charge < -0.3 is 9.64 Å². The molecule has 1 saturated heterocycles. The number of hydrogen-bond acceptors (Lipinski definition) is 4. The van der Waals surface area contributed by atoms with E-state index in [1.165, 1.54) is 12.0 Å². The third-order valence-corrected chi connectivity index (χ3v) is 3.46. The van der Waals surface area contributed by atoms with Gasteiger partial charge >= 0.3 is 5.69 Å². The van der Waals surface area contributed by atoms with E-state index in [4.69, 9.17) is 4.74 Å². The highest BCUT2D eigenvalue weighted by Gasteiger charge is 2.28. The fourth-order valence-corrected chi connectivity index (χ4v) is 2.33. The molecule has 1 fully saturated rings. The first-order valence-corrected chi connectivity index (χ1v) is 6.39. The van der Waals surface area contributed by atoms with Gasteiger partial charge in [0, 0.05) is 20.2 Å². The molecule has 1 unspecified atom stereocenters. The van der Waals surface area contributed by atoms with E-state index in [2.05, 4.69) is 0 Å². The minimum Gasteiger partial charge on any atom is -0.380 e. The van der Waals surface area contributed by atoms with Crippen LogP contribution in [0.25, 0.3) is 0 Å². The maximum absolute atomic E-state index is 13.8. The second-order valence-electron chi connectivity index (χ2n) is 4.79. The summed E-state index contributed by atoms with van der Waals surface area (Å²) in [5.74, 6) is -3.03. The number of nitro groups is 1. The first-order chi connectivity index (χ1) is 9.93. The lowest BCUT2D eigenvalue weighted by Crippen LogP contribution is -2.43. The van der Waals surface area contributed by atoms with Crippen LogP contribution in [0.15, 0.2) is 12.1 Å². The molecular weight excluding hydrogens is 286 g/mol. The minimum absolute atomic E-state index is 0.145. The van der Waals surface area contributed by atoms with E-state index in [1.807, 2.05) is 0 Å². The zero-order valence-corrected chi connectivity index (χ0v) is 11.3. The Balaban J connectivity index is 2.27. The van der Waals surface area contributed by atoms with Gasteiger partial charge in [-0.05, 0) is 18.9 Å². The largest absolute Gasteiger partial charge is 0.380 e. The van der Waals surface area contributed by atoms with Crippen molar-refractivity contribution in [2.45, 2.75) is 18.9 Å². The molecule has 0 saturated carbocycles. The summed E-state index contributed by atoms with van der Waals surface area (Å²) in [7, 11) is 1.52. The molecule has 21 heavy (non-hydrogen) atoms. The molecule has 114 valence electrons. The molecule has 6 nitrogen and oxygen atoms in total. The van der Waals surface area contributed by atoms with Gasteiger partial charge in [-0.2, -0.15) is 4.39 Å². The number of hydrogen-bond donors (Lipinski definition) is 0. The van der Waals surface area contributed by atoms with Crippen LogP contribution in [0.4, 0.5) is 14.5 Å². The molecular formula is C13H14F2N2O4. The number of nitro benzene ring substituents is 1. The van der Waals surface area contributed by atoms with Crippen molar-refractivity contribution in [2.75, 3.05) is 20.2 Å².